The molecule has 6 nitrogen and oxygen atoms in total. The van der Waals surface area contributed by atoms with Crippen LogP contribution in [0, 0.1) is 11.7 Å². The van der Waals surface area contributed by atoms with E-state index in [0.717, 1.165) is 44.5 Å². The average Bonchev–Trinajstić information content (AvgIpc) is 3.00. The van der Waals surface area contributed by atoms with E-state index in [1.54, 1.807) is 4.90 Å². The Balaban J connectivity index is 1.92. The number of sulfonamides is 1. The molecule has 27 heavy (non-hydrogen) atoms. The van der Waals surface area contributed by atoms with Crippen molar-refractivity contribution in [1.82, 2.24) is 14.1 Å². The maximum absolute atomic E-state index is 13.2. The largest absolute Gasteiger partial charge is 0.325 e. The summed E-state index contributed by atoms with van der Waals surface area (Å²) in [6, 6.07) is 4.55. The summed E-state index contributed by atoms with van der Waals surface area (Å²) in [4.78, 5) is 16.8. The summed E-state index contributed by atoms with van der Waals surface area (Å²) < 4.78 is 41.0. The van der Waals surface area contributed by atoms with Gasteiger partial charge in [0.25, 0.3) is 0 Å². The molecular weight excluding hydrogens is 369 g/mol. The third kappa shape index (κ3) is 3.82. The maximum atomic E-state index is 13.2. The summed E-state index contributed by atoms with van der Waals surface area (Å²) >= 11 is 0. The van der Waals surface area contributed by atoms with Gasteiger partial charge in [-0.2, -0.15) is 4.31 Å². The fraction of sp³-hybridized carbons (Fsp3) is 0.632. The lowest BCUT2D eigenvalue weighted by molar-refractivity contribution is 0.0985. The van der Waals surface area contributed by atoms with Gasteiger partial charge in [-0.1, -0.05) is 13.8 Å². The molecule has 2 saturated heterocycles. The predicted octanol–water partition coefficient (Wildman–Crippen LogP) is 3.11. The van der Waals surface area contributed by atoms with Crippen molar-refractivity contribution in [2.24, 2.45) is 5.92 Å². The Kier molecular flexibility index (Phi) is 5.76. The van der Waals surface area contributed by atoms with E-state index in [1.165, 1.54) is 16.4 Å². The van der Waals surface area contributed by atoms with E-state index < -0.39 is 22.0 Å². The van der Waals surface area contributed by atoms with Crippen molar-refractivity contribution in [2.45, 2.75) is 57.1 Å². The molecule has 2 aliphatic rings. The molecule has 0 aromatic heterocycles. The molecule has 8 heteroatoms. The van der Waals surface area contributed by atoms with Crippen LogP contribution in [0.3, 0.4) is 0 Å². The first kappa shape index (κ1) is 20.1. The van der Waals surface area contributed by atoms with Crippen LogP contribution in [0.1, 0.15) is 40.0 Å². The molecule has 1 aromatic rings. The highest BCUT2D eigenvalue weighted by Gasteiger charge is 2.48. The highest BCUT2D eigenvalue weighted by atomic mass is 32.2. The SMILES string of the molecule is CC(C)C1N(C(=O)N2CCCCC2)C(C)CN1S(=O)(=O)c1ccc(F)cc1. The number of rotatable bonds is 3. The summed E-state index contributed by atoms with van der Waals surface area (Å²) in [5, 5.41) is 0. The van der Waals surface area contributed by atoms with Crippen molar-refractivity contribution in [3.63, 3.8) is 0 Å². The molecule has 1 aromatic carbocycles. The van der Waals surface area contributed by atoms with Crippen molar-refractivity contribution in [3.05, 3.63) is 30.1 Å². The van der Waals surface area contributed by atoms with Gasteiger partial charge in [-0.05, 0) is 56.4 Å². The predicted molar refractivity (Wildman–Crippen MR) is 101 cm³/mol. The number of carbonyl (C=O) groups is 1. The lowest BCUT2D eigenvalue weighted by atomic mass is 10.1. The number of piperidine rings is 1. The molecule has 0 bridgehead atoms. The number of hydrogen-bond donors (Lipinski definition) is 0. The number of urea groups is 1. The Morgan fingerprint density at radius 3 is 2.26 bits per heavy atom. The zero-order chi connectivity index (χ0) is 19.8. The third-order valence-corrected chi connectivity index (χ3v) is 7.21. The third-order valence-electron chi connectivity index (χ3n) is 5.36. The minimum Gasteiger partial charge on any atom is -0.325 e. The second kappa shape index (κ2) is 7.75. The van der Waals surface area contributed by atoms with Crippen LogP contribution in [0.2, 0.25) is 0 Å². The Morgan fingerprint density at radius 2 is 1.70 bits per heavy atom. The van der Waals surface area contributed by atoms with Crippen molar-refractivity contribution in [2.75, 3.05) is 19.6 Å². The minimum absolute atomic E-state index is 0.0500. The van der Waals surface area contributed by atoms with Gasteiger partial charge in [0.2, 0.25) is 10.0 Å². The molecule has 2 atom stereocenters. The first-order chi connectivity index (χ1) is 12.7. The van der Waals surface area contributed by atoms with Crippen molar-refractivity contribution >= 4 is 16.1 Å². The number of hydrogen-bond acceptors (Lipinski definition) is 3. The molecule has 0 N–H and O–H groups in total. The van der Waals surface area contributed by atoms with Gasteiger partial charge in [0.05, 0.1) is 4.90 Å². The summed E-state index contributed by atoms with van der Waals surface area (Å²) in [7, 11) is -3.83. The monoisotopic (exact) mass is 397 g/mol. The topological polar surface area (TPSA) is 60.9 Å². The van der Waals surface area contributed by atoms with Crippen LogP contribution in [-0.2, 0) is 10.0 Å². The summed E-state index contributed by atoms with van der Waals surface area (Å²) in [6.07, 6.45) is 2.54. The molecule has 2 unspecified atom stereocenters. The Hall–Kier alpha value is -1.67. The molecular formula is C19H28FN3O3S. The van der Waals surface area contributed by atoms with Gasteiger partial charge >= 0.3 is 6.03 Å². The fourth-order valence-corrected chi connectivity index (χ4v) is 5.83. The van der Waals surface area contributed by atoms with Crippen LogP contribution in [0.15, 0.2) is 29.2 Å². The van der Waals surface area contributed by atoms with Crippen molar-refractivity contribution in [3.8, 4) is 0 Å². The van der Waals surface area contributed by atoms with Gasteiger partial charge in [0, 0.05) is 25.7 Å². The number of benzene rings is 1. The van der Waals surface area contributed by atoms with Crippen molar-refractivity contribution < 1.29 is 17.6 Å². The molecule has 0 radical (unpaired) electrons. The number of halogens is 1. The Labute approximate surface area is 161 Å². The number of likely N-dealkylation sites (tertiary alicyclic amines) is 1. The molecule has 0 spiro atoms. The second-order valence-electron chi connectivity index (χ2n) is 7.77. The molecule has 150 valence electrons. The smallest absolute Gasteiger partial charge is 0.321 e. The van der Waals surface area contributed by atoms with E-state index in [1.807, 2.05) is 25.7 Å². The zero-order valence-electron chi connectivity index (χ0n) is 16.1. The highest BCUT2D eigenvalue weighted by Crippen LogP contribution is 2.33. The van der Waals surface area contributed by atoms with Crippen LogP contribution in [0.5, 0.6) is 0 Å². The van der Waals surface area contributed by atoms with Gasteiger partial charge in [-0.15, -0.1) is 0 Å². The number of carbonyl (C=O) groups excluding carboxylic acids is 1. The van der Waals surface area contributed by atoms with Gasteiger partial charge in [0.1, 0.15) is 12.0 Å². The Bertz CT molecular complexity index is 776. The molecule has 3 rings (SSSR count). The normalized spacial score (nSPS) is 24.6. The molecule has 2 aliphatic heterocycles. The van der Waals surface area contributed by atoms with E-state index in [2.05, 4.69) is 0 Å². The summed E-state index contributed by atoms with van der Waals surface area (Å²) in [5.41, 5.74) is 0. The van der Waals surface area contributed by atoms with Gasteiger partial charge < -0.3 is 9.80 Å². The maximum Gasteiger partial charge on any atom is 0.321 e. The minimum atomic E-state index is -3.83. The van der Waals surface area contributed by atoms with E-state index in [4.69, 9.17) is 0 Å². The standard InChI is InChI=1S/C19H28FN3O3S/c1-14(2)18-22(27(25,26)17-9-7-16(20)8-10-17)13-15(3)23(18)19(24)21-11-5-4-6-12-21/h7-10,14-15,18H,4-6,11-13H2,1-3H3. The van der Waals surface area contributed by atoms with E-state index >= 15 is 0 Å². The lowest BCUT2D eigenvalue weighted by Crippen LogP contribution is -2.54. The average molecular weight is 398 g/mol. The van der Waals surface area contributed by atoms with Crippen LogP contribution >= 0.6 is 0 Å². The van der Waals surface area contributed by atoms with Crippen LogP contribution in [-0.4, -0.2) is 60.4 Å². The van der Waals surface area contributed by atoms with Crippen molar-refractivity contribution in [1.29, 1.82) is 0 Å². The summed E-state index contributed by atoms with van der Waals surface area (Å²) in [5.74, 6) is -0.551. The van der Waals surface area contributed by atoms with E-state index in [0.29, 0.717) is 0 Å². The van der Waals surface area contributed by atoms with E-state index in [9.17, 15) is 17.6 Å². The molecule has 0 aliphatic carbocycles. The lowest BCUT2D eigenvalue weighted by Gasteiger charge is -2.38. The fourth-order valence-electron chi connectivity index (χ4n) is 4.04. The quantitative estimate of drug-likeness (QED) is 0.787. The van der Waals surface area contributed by atoms with Gasteiger partial charge in [-0.25, -0.2) is 17.6 Å². The number of nitrogens with zero attached hydrogens (tertiary/aromatic N) is 3. The van der Waals surface area contributed by atoms with Crippen LogP contribution in [0.25, 0.3) is 0 Å². The molecule has 0 saturated carbocycles. The van der Waals surface area contributed by atoms with Gasteiger partial charge in [0.15, 0.2) is 0 Å². The molecule has 2 fully saturated rings. The molecule has 2 amide bonds. The first-order valence-electron chi connectivity index (χ1n) is 9.58. The first-order valence-corrected chi connectivity index (χ1v) is 11.0. The van der Waals surface area contributed by atoms with Crippen LogP contribution < -0.4 is 0 Å². The summed E-state index contributed by atoms with van der Waals surface area (Å²) in [6.45, 7) is 7.41. The molecule has 2 heterocycles. The van der Waals surface area contributed by atoms with Gasteiger partial charge in [-0.3, -0.25) is 0 Å². The van der Waals surface area contributed by atoms with E-state index in [-0.39, 0.29) is 29.4 Å². The Morgan fingerprint density at radius 1 is 1.11 bits per heavy atom. The zero-order valence-corrected chi connectivity index (χ0v) is 17.0. The second-order valence-corrected chi connectivity index (χ2v) is 9.66. The number of amides is 2. The highest BCUT2D eigenvalue weighted by molar-refractivity contribution is 7.89. The van der Waals surface area contributed by atoms with Crippen LogP contribution in [0.4, 0.5) is 9.18 Å².